The number of ketones is 1. The number of rotatable bonds is 8. The summed E-state index contributed by atoms with van der Waals surface area (Å²) >= 11 is 0. The van der Waals surface area contributed by atoms with Crippen LogP contribution >= 0.6 is 0 Å². The monoisotopic (exact) mass is 445 g/mol. The molecule has 174 valence electrons. The third-order valence-electron chi connectivity index (χ3n) is 7.46. The molecule has 1 aliphatic rings. The highest BCUT2D eigenvalue weighted by molar-refractivity contribution is 6.01. The Balaban J connectivity index is 1.66. The molecule has 0 radical (unpaired) electrons. The molecule has 0 fully saturated rings. The molecular weight excluding hydrogens is 410 g/mol. The Kier molecular flexibility index (Phi) is 6.44. The van der Waals surface area contributed by atoms with Crippen LogP contribution in [0, 0.1) is 0 Å². The zero-order valence-electron chi connectivity index (χ0n) is 20.1. The predicted octanol–water partition coefficient (Wildman–Crippen LogP) is 6.00. The van der Waals surface area contributed by atoms with Crippen LogP contribution in [0.2, 0.25) is 0 Å². The molecule has 5 nitrogen and oxygen atoms in total. The van der Waals surface area contributed by atoms with Crippen LogP contribution in [0.5, 0.6) is 0 Å². The van der Waals surface area contributed by atoms with E-state index in [0.29, 0.717) is 12.0 Å². The normalized spacial score (nSPS) is 17.3. The number of nitrogens with zero attached hydrogens (tertiary/aromatic N) is 2. The van der Waals surface area contributed by atoms with Crippen molar-refractivity contribution in [3.63, 3.8) is 0 Å². The van der Waals surface area contributed by atoms with Crippen LogP contribution in [0.4, 0.5) is 5.82 Å². The van der Waals surface area contributed by atoms with Crippen molar-refractivity contribution in [1.29, 1.82) is 0 Å². The molecule has 5 heteroatoms. The topological polar surface area (TPSA) is 67.2 Å². The van der Waals surface area contributed by atoms with Gasteiger partial charge >= 0.3 is 0 Å². The first kappa shape index (κ1) is 23.2. The number of nitrogens with one attached hydrogen (secondary N) is 1. The fourth-order valence-electron chi connectivity index (χ4n) is 5.22. The molecule has 33 heavy (non-hydrogen) atoms. The number of benzene rings is 2. The summed E-state index contributed by atoms with van der Waals surface area (Å²) in [5.41, 5.74) is 3.47. The van der Waals surface area contributed by atoms with Crippen LogP contribution in [0.1, 0.15) is 86.5 Å². The second kappa shape index (κ2) is 9.14. The van der Waals surface area contributed by atoms with Gasteiger partial charge < -0.3 is 10.4 Å². The van der Waals surface area contributed by atoms with E-state index < -0.39 is 0 Å². The van der Waals surface area contributed by atoms with E-state index in [2.05, 4.69) is 74.5 Å². The van der Waals surface area contributed by atoms with Crippen molar-refractivity contribution in [2.75, 3.05) is 5.32 Å². The number of carbonyl (C=O) groups excluding carboxylic acids is 1. The number of fused-ring (bicyclic) bond motifs is 1. The highest BCUT2D eigenvalue weighted by Crippen LogP contribution is 2.42. The minimum atomic E-state index is -0.247. The van der Waals surface area contributed by atoms with Crippen LogP contribution in [0.3, 0.4) is 0 Å². The van der Waals surface area contributed by atoms with Gasteiger partial charge in [0.1, 0.15) is 5.82 Å². The summed E-state index contributed by atoms with van der Waals surface area (Å²) in [7, 11) is 0. The Morgan fingerprint density at radius 2 is 1.79 bits per heavy atom. The fraction of sp³-hybridized carbons (Fsp3) is 0.429. The maximum absolute atomic E-state index is 13.7. The molecule has 0 amide bonds. The maximum atomic E-state index is 13.7. The summed E-state index contributed by atoms with van der Waals surface area (Å²) in [6.45, 7) is 8.68. The van der Waals surface area contributed by atoms with E-state index in [4.69, 9.17) is 0 Å². The molecule has 2 N–H and O–H groups in total. The summed E-state index contributed by atoms with van der Waals surface area (Å²) in [6, 6.07) is 18.6. The lowest BCUT2D eigenvalue weighted by atomic mass is 9.71. The smallest absolute Gasteiger partial charge is 0.169 e. The predicted molar refractivity (Wildman–Crippen MR) is 133 cm³/mol. The Morgan fingerprint density at radius 3 is 2.39 bits per heavy atom. The van der Waals surface area contributed by atoms with Gasteiger partial charge in [0, 0.05) is 11.8 Å². The van der Waals surface area contributed by atoms with Crippen molar-refractivity contribution in [2.45, 2.75) is 77.0 Å². The van der Waals surface area contributed by atoms with E-state index in [0.717, 1.165) is 36.2 Å². The largest absolute Gasteiger partial charge is 0.392 e. The molecule has 1 unspecified atom stereocenters. The molecule has 0 aliphatic carbocycles. The van der Waals surface area contributed by atoms with Gasteiger partial charge in [-0.1, -0.05) is 68.4 Å². The molecule has 2 aromatic carbocycles. The van der Waals surface area contributed by atoms with Gasteiger partial charge in [0.15, 0.2) is 5.78 Å². The van der Waals surface area contributed by atoms with Crippen molar-refractivity contribution >= 4 is 11.6 Å². The van der Waals surface area contributed by atoms with Crippen LogP contribution < -0.4 is 5.32 Å². The van der Waals surface area contributed by atoms with Crippen molar-refractivity contribution < 1.29 is 9.90 Å². The minimum Gasteiger partial charge on any atom is -0.392 e. The maximum Gasteiger partial charge on any atom is 0.169 e. The zero-order chi connectivity index (χ0) is 23.6. The van der Waals surface area contributed by atoms with Crippen molar-refractivity contribution in [3.8, 4) is 0 Å². The highest BCUT2D eigenvalue weighted by atomic mass is 16.3. The number of aliphatic hydroxyl groups is 1. The number of hydrogen-bond donors (Lipinski definition) is 2. The molecular formula is C28H35N3O2. The first-order chi connectivity index (χ1) is 15.8. The fourth-order valence-corrected chi connectivity index (χ4v) is 5.22. The van der Waals surface area contributed by atoms with Gasteiger partial charge in [-0.15, -0.1) is 0 Å². The lowest BCUT2D eigenvalue weighted by molar-refractivity contribution is 0.0944. The number of anilines is 1. The summed E-state index contributed by atoms with van der Waals surface area (Å²) in [4.78, 5) is 13.7. The summed E-state index contributed by atoms with van der Waals surface area (Å²) in [6.07, 6.45) is 4.79. The zero-order valence-corrected chi connectivity index (χ0v) is 20.1. The van der Waals surface area contributed by atoms with Crippen LogP contribution in [0.15, 0.2) is 60.8 Å². The Labute approximate surface area is 196 Å². The minimum absolute atomic E-state index is 0.0248. The molecule has 0 spiro atoms. The number of Topliss-reactive ketones (excluding diaryl/α,β-unsaturated/α-hetero) is 1. The molecule has 1 aromatic heterocycles. The highest BCUT2D eigenvalue weighted by Gasteiger charge is 2.38. The Bertz CT molecular complexity index is 1100. The van der Waals surface area contributed by atoms with E-state index in [9.17, 15) is 9.90 Å². The van der Waals surface area contributed by atoms with Crippen molar-refractivity contribution in [1.82, 2.24) is 9.78 Å². The lowest BCUT2D eigenvalue weighted by Crippen LogP contribution is -2.38. The summed E-state index contributed by atoms with van der Waals surface area (Å²) in [5, 5.41) is 17.7. The van der Waals surface area contributed by atoms with E-state index in [1.807, 2.05) is 22.9 Å². The molecule has 0 saturated carbocycles. The third kappa shape index (κ3) is 4.34. The Hall–Kier alpha value is -2.92. The SMILES string of the molecule is CCC(CC)(CC(=O)c1cnn2c1NC(c1ccccc1)CC2(C)C)c1ccc(CO)cc1. The Morgan fingerprint density at radius 1 is 1.12 bits per heavy atom. The second-order valence-corrected chi connectivity index (χ2v) is 9.89. The molecule has 1 atom stereocenters. The number of aliphatic hydroxyl groups excluding tert-OH is 1. The van der Waals surface area contributed by atoms with Crippen LogP contribution in [-0.4, -0.2) is 20.7 Å². The molecule has 0 saturated heterocycles. The molecule has 3 aromatic rings. The first-order valence-electron chi connectivity index (χ1n) is 12.0. The van der Waals surface area contributed by atoms with Gasteiger partial charge in [0.05, 0.1) is 29.9 Å². The average molecular weight is 446 g/mol. The number of hydrogen-bond acceptors (Lipinski definition) is 4. The molecule has 1 aliphatic heterocycles. The quantitative estimate of drug-likeness (QED) is 0.418. The van der Waals surface area contributed by atoms with Gasteiger partial charge in [0.25, 0.3) is 0 Å². The van der Waals surface area contributed by atoms with Crippen molar-refractivity contribution in [3.05, 3.63) is 83.0 Å². The first-order valence-corrected chi connectivity index (χ1v) is 12.0. The van der Waals surface area contributed by atoms with Gasteiger partial charge in [-0.2, -0.15) is 5.10 Å². The van der Waals surface area contributed by atoms with E-state index >= 15 is 0 Å². The van der Waals surface area contributed by atoms with E-state index in [1.165, 1.54) is 5.56 Å². The third-order valence-corrected chi connectivity index (χ3v) is 7.46. The van der Waals surface area contributed by atoms with E-state index in [1.54, 1.807) is 6.20 Å². The average Bonchev–Trinajstić information content (AvgIpc) is 3.28. The molecule has 0 bridgehead atoms. The van der Waals surface area contributed by atoms with Gasteiger partial charge in [0.2, 0.25) is 0 Å². The van der Waals surface area contributed by atoms with E-state index in [-0.39, 0.29) is 29.4 Å². The lowest BCUT2D eigenvalue weighted by Gasteiger charge is -2.38. The summed E-state index contributed by atoms with van der Waals surface area (Å²) in [5.74, 6) is 0.935. The second-order valence-electron chi connectivity index (χ2n) is 9.89. The van der Waals surface area contributed by atoms with Gasteiger partial charge in [-0.3, -0.25) is 4.79 Å². The summed E-state index contributed by atoms with van der Waals surface area (Å²) < 4.78 is 1.98. The van der Waals surface area contributed by atoms with Gasteiger partial charge in [-0.25, -0.2) is 4.68 Å². The van der Waals surface area contributed by atoms with Crippen LogP contribution in [0.25, 0.3) is 0 Å². The van der Waals surface area contributed by atoms with Crippen molar-refractivity contribution in [2.24, 2.45) is 0 Å². The standard InChI is InChI=1S/C28H35N3O2/c1-5-28(6-2,22-14-12-20(19-32)13-15-22)17-25(33)23-18-29-31-26(23)30-24(16-27(31,3)4)21-10-8-7-9-11-21/h7-15,18,24,30,32H,5-6,16-17,19H2,1-4H3. The molecule has 4 rings (SSSR count). The van der Waals surface area contributed by atoms with Crippen LogP contribution in [-0.2, 0) is 17.6 Å². The number of carbonyl (C=O) groups is 1. The molecule has 2 heterocycles. The number of aromatic nitrogens is 2. The van der Waals surface area contributed by atoms with Gasteiger partial charge in [-0.05, 0) is 49.8 Å².